The van der Waals surface area contributed by atoms with E-state index in [-0.39, 0.29) is 5.60 Å². The van der Waals surface area contributed by atoms with Crippen molar-refractivity contribution in [2.24, 2.45) is 0 Å². The molecule has 0 saturated heterocycles. The van der Waals surface area contributed by atoms with Gasteiger partial charge in [0.15, 0.2) is 0 Å². The van der Waals surface area contributed by atoms with Crippen molar-refractivity contribution in [1.82, 2.24) is 0 Å². The second kappa shape index (κ2) is 4.31. The molecule has 10 heavy (non-hydrogen) atoms. The Balaban J connectivity index is 4.00. The number of hydrogen-bond donors (Lipinski definition) is 0. The van der Waals surface area contributed by atoms with E-state index in [0.29, 0.717) is 0 Å². The highest BCUT2D eigenvalue weighted by Gasteiger charge is 2.24. The Morgan fingerprint density at radius 1 is 1.20 bits per heavy atom. The molecule has 0 aromatic heterocycles. The van der Waals surface area contributed by atoms with E-state index in [9.17, 15) is 4.79 Å². The number of hydrogen-bond acceptors (Lipinski definition) is 2. The van der Waals surface area contributed by atoms with E-state index in [1.54, 1.807) is 0 Å². The van der Waals surface area contributed by atoms with Crippen molar-refractivity contribution in [3.63, 3.8) is 0 Å². The van der Waals surface area contributed by atoms with Crippen LogP contribution in [0.5, 0.6) is 0 Å². The van der Waals surface area contributed by atoms with Crippen LogP contribution in [0, 0.1) is 0 Å². The lowest BCUT2D eigenvalue weighted by molar-refractivity contribution is 0.0392. The summed E-state index contributed by atoms with van der Waals surface area (Å²) >= 11 is 0. The van der Waals surface area contributed by atoms with Crippen LogP contribution in [0.1, 0.15) is 40.0 Å². The van der Waals surface area contributed by atoms with Crippen molar-refractivity contribution < 1.29 is 9.53 Å². The average Bonchev–Trinajstić information content (AvgIpc) is 2.01. The van der Waals surface area contributed by atoms with Crippen LogP contribution < -0.4 is 0 Å². The van der Waals surface area contributed by atoms with Gasteiger partial charge >= 0.3 is 6.47 Å². The molecular weight excluding hydrogens is 128 g/mol. The molecule has 0 aromatic rings. The van der Waals surface area contributed by atoms with E-state index in [1.165, 1.54) is 6.47 Å². The summed E-state index contributed by atoms with van der Waals surface area (Å²) < 4.78 is 4.87. The lowest BCUT2D eigenvalue weighted by atomic mass is 9.94. The van der Waals surface area contributed by atoms with E-state index < -0.39 is 0 Å². The van der Waals surface area contributed by atoms with Gasteiger partial charge < -0.3 is 4.74 Å². The van der Waals surface area contributed by atoms with Crippen molar-refractivity contribution in [2.75, 3.05) is 0 Å². The van der Waals surface area contributed by atoms with Gasteiger partial charge in [-0.25, -0.2) is 4.79 Å². The van der Waals surface area contributed by atoms with Gasteiger partial charge in [-0.1, -0.05) is 20.8 Å². The van der Waals surface area contributed by atoms with E-state index in [2.05, 4.69) is 0 Å². The molecule has 2 heteroatoms. The molecule has 0 N–H and O–H groups in total. The fraction of sp³-hybridized carbons (Fsp3) is 0.875. The topological polar surface area (TPSA) is 26.3 Å². The van der Waals surface area contributed by atoms with Crippen LogP contribution in [0.25, 0.3) is 0 Å². The predicted octanol–water partition coefficient (Wildman–Crippen LogP) is 2.04. The molecule has 59 valence electrons. The van der Waals surface area contributed by atoms with E-state index in [1.807, 2.05) is 20.8 Å². The quantitative estimate of drug-likeness (QED) is 0.588. The van der Waals surface area contributed by atoms with Crippen LogP contribution in [-0.4, -0.2) is 12.1 Å². The van der Waals surface area contributed by atoms with Gasteiger partial charge in [-0.3, -0.25) is 0 Å². The van der Waals surface area contributed by atoms with Crippen LogP contribution in [0.4, 0.5) is 0 Å². The molecule has 0 fully saturated rings. The number of rotatable bonds is 5. The summed E-state index contributed by atoms with van der Waals surface area (Å²) in [5.74, 6) is 0. The van der Waals surface area contributed by atoms with Crippen LogP contribution in [0.15, 0.2) is 0 Å². The zero-order valence-electron chi connectivity index (χ0n) is 6.94. The highest BCUT2D eigenvalue weighted by atomic mass is 16.5. The molecule has 0 bridgehead atoms. The molecule has 0 aliphatic rings. The van der Waals surface area contributed by atoms with Gasteiger partial charge in [-0.2, -0.15) is 0 Å². The molecule has 0 amide bonds. The molecule has 0 heterocycles. The van der Waals surface area contributed by atoms with Gasteiger partial charge in [-0.05, 0) is 19.3 Å². The zero-order chi connectivity index (χ0) is 8.04. The van der Waals surface area contributed by atoms with Crippen molar-refractivity contribution in [3.8, 4) is 0 Å². The normalized spacial score (nSPS) is 11.1. The third kappa shape index (κ3) is 2.01. The smallest absolute Gasteiger partial charge is 0.418 e. The fourth-order valence-corrected chi connectivity index (χ4v) is 1.05. The van der Waals surface area contributed by atoms with Gasteiger partial charge in [0.2, 0.25) is 0 Å². The fourth-order valence-electron chi connectivity index (χ4n) is 1.05. The first-order valence-electron chi connectivity index (χ1n) is 3.79. The third-order valence-electron chi connectivity index (χ3n) is 2.19. The first-order chi connectivity index (χ1) is 4.74. The lowest BCUT2D eigenvalue weighted by Gasteiger charge is -2.27. The van der Waals surface area contributed by atoms with E-state index in [4.69, 9.17) is 4.74 Å². The third-order valence-corrected chi connectivity index (χ3v) is 2.19. The SMILES string of the molecule is CCC(CC)(CC)O[C]=O. The number of ether oxygens (including phenoxy) is 1. The van der Waals surface area contributed by atoms with E-state index >= 15 is 0 Å². The summed E-state index contributed by atoms with van der Waals surface area (Å²) in [5.41, 5.74) is -0.248. The van der Waals surface area contributed by atoms with Crippen molar-refractivity contribution in [3.05, 3.63) is 0 Å². The Morgan fingerprint density at radius 2 is 1.60 bits per heavy atom. The largest absolute Gasteiger partial charge is 0.451 e. The second-order valence-electron chi connectivity index (χ2n) is 2.43. The molecule has 0 saturated carbocycles. The van der Waals surface area contributed by atoms with Crippen molar-refractivity contribution in [2.45, 2.75) is 45.6 Å². The zero-order valence-corrected chi connectivity index (χ0v) is 6.94. The molecule has 1 radical (unpaired) electrons. The Labute approximate surface area is 62.6 Å². The van der Waals surface area contributed by atoms with Crippen LogP contribution in [0.2, 0.25) is 0 Å². The molecular formula is C8H15O2. The first-order valence-corrected chi connectivity index (χ1v) is 3.79. The first kappa shape index (κ1) is 9.47. The van der Waals surface area contributed by atoms with E-state index in [0.717, 1.165) is 19.3 Å². The molecule has 2 nitrogen and oxygen atoms in total. The summed E-state index contributed by atoms with van der Waals surface area (Å²) in [4.78, 5) is 9.95. The predicted molar refractivity (Wildman–Crippen MR) is 40.4 cm³/mol. The summed E-state index contributed by atoms with van der Waals surface area (Å²) in [5, 5.41) is 0. The standard InChI is InChI=1S/C8H15O2/c1-4-8(5-2,6-3)10-7-9/h4-6H2,1-3H3. The monoisotopic (exact) mass is 143 g/mol. The average molecular weight is 143 g/mol. The summed E-state index contributed by atoms with van der Waals surface area (Å²) in [6.45, 7) is 7.57. The lowest BCUT2D eigenvalue weighted by Crippen LogP contribution is -2.29. The molecule has 0 aliphatic heterocycles. The Morgan fingerprint density at radius 3 is 1.70 bits per heavy atom. The van der Waals surface area contributed by atoms with Gasteiger partial charge in [0.1, 0.15) is 5.60 Å². The molecule has 0 aromatic carbocycles. The maximum Gasteiger partial charge on any atom is 0.418 e. The molecule has 0 rings (SSSR count). The summed E-state index contributed by atoms with van der Waals surface area (Å²) in [6.07, 6.45) is 2.61. The maximum absolute atomic E-state index is 9.95. The highest BCUT2D eigenvalue weighted by molar-refractivity contribution is 5.39. The summed E-state index contributed by atoms with van der Waals surface area (Å²) in [7, 11) is 0. The minimum absolute atomic E-state index is 0.248. The van der Waals surface area contributed by atoms with Gasteiger partial charge in [-0.15, -0.1) is 0 Å². The van der Waals surface area contributed by atoms with Crippen molar-refractivity contribution >= 4 is 6.47 Å². The highest BCUT2D eigenvalue weighted by Crippen LogP contribution is 2.22. The molecule has 0 spiro atoms. The van der Waals surface area contributed by atoms with Crippen LogP contribution >= 0.6 is 0 Å². The van der Waals surface area contributed by atoms with Crippen LogP contribution in [-0.2, 0) is 9.53 Å². The molecule has 0 aliphatic carbocycles. The number of carbonyl (C=O) groups excluding carboxylic acids is 1. The van der Waals surface area contributed by atoms with Gasteiger partial charge in [0.25, 0.3) is 0 Å². The maximum atomic E-state index is 9.95. The van der Waals surface area contributed by atoms with Crippen molar-refractivity contribution in [1.29, 1.82) is 0 Å². The summed E-state index contributed by atoms with van der Waals surface area (Å²) in [6, 6.07) is 0. The minimum atomic E-state index is -0.248. The van der Waals surface area contributed by atoms with Gasteiger partial charge in [0.05, 0.1) is 0 Å². The molecule has 0 unspecified atom stereocenters. The second-order valence-corrected chi connectivity index (χ2v) is 2.43. The Bertz CT molecular complexity index is 87.2. The Kier molecular flexibility index (Phi) is 4.08. The van der Waals surface area contributed by atoms with Crippen LogP contribution in [0.3, 0.4) is 0 Å². The molecule has 0 atom stereocenters. The minimum Gasteiger partial charge on any atom is -0.451 e. The Hall–Kier alpha value is -0.530. The van der Waals surface area contributed by atoms with Gasteiger partial charge in [0, 0.05) is 0 Å².